The summed E-state index contributed by atoms with van der Waals surface area (Å²) in [6, 6.07) is 10.2. The zero-order valence-corrected chi connectivity index (χ0v) is 13.5. The van der Waals surface area contributed by atoms with Crippen LogP contribution in [0.2, 0.25) is 0 Å². The maximum atomic E-state index is 11.1. The number of oxime groups is 1. The number of fused-ring (bicyclic) bond motifs is 1. The molecule has 0 N–H and O–H groups in total. The van der Waals surface area contributed by atoms with Gasteiger partial charge in [0.05, 0.1) is 24.9 Å². The average Bonchev–Trinajstić information content (AvgIpc) is 2.65. The number of benzene rings is 2. The van der Waals surface area contributed by atoms with E-state index in [4.69, 9.17) is 19.0 Å². The van der Waals surface area contributed by atoms with Crippen LogP contribution in [0.4, 0.5) is 5.69 Å². The van der Waals surface area contributed by atoms with E-state index in [1.165, 1.54) is 18.3 Å². The SMILES string of the molecule is COc1ccccc1/C=N\OCc1cc([N+](=O)[O-])cc2c1OCOC2. The number of hydrogen-bond acceptors (Lipinski definition) is 7. The fraction of sp³-hybridized carbons (Fsp3) is 0.235. The maximum Gasteiger partial charge on any atom is 0.270 e. The van der Waals surface area contributed by atoms with Gasteiger partial charge in [-0.3, -0.25) is 10.1 Å². The Morgan fingerprint density at radius 3 is 3.00 bits per heavy atom. The van der Waals surface area contributed by atoms with Gasteiger partial charge in [0.25, 0.3) is 5.69 Å². The molecule has 25 heavy (non-hydrogen) atoms. The fourth-order valence-electron chi connectivity index (χ4n) is 2.47. The Hall–Kier alpha value is -3.13. The number of nitro benzene ring substituents is 1. The van der Waals surface area contributed by atoms with Crippen LogP contribution < -0.4 is 9.47 Å². The number of nitrogens with zero attached hydrogens (tertiary/aromatic N) is 2. The van der Waals surface area contributed by atoms with Gasteiger partial charge in [-0.15, -0.1) is 0 Å². The van der Waals surface area contributed by atoms with Crippen molar-refractivity contribution in [3.05, 3.63) is 63.2 Å². The summed E-state index contributed by atoms with van der Waals surface area (Å²) >= 11 is 0. The lowest BCUT2D eigenvalue weighted by atomic mass is 10.1. The Morgan fingerprint density at radius 1 is 1.36 bits per heavy atom. The second kappa shape index (κ2) is 7.63. The van der Waals surface area contributed by atoms with Gasteiger partial charge in [0.15, 0.2) is 6.79 Å². The molecule has 1 aliphatic heterocycles. The molecular formula is C17H16N2O6. The van der Waals surface area contributed by atoms with Crippen LogP contribution in [0.3, 0.4) is 0 Å². The molecule has 0 unspecified atom stereocenters. The highest BCUT2D eigenvalue weighted by atomic mass is 16.7. The molecule has 8 nitrogen and oxygen atoms in total. The van der Waals surface area contributed by atoms with Crippen molar-refractivity contribution in [1.82, 2.24) is 0 Å². The molecule has 0 saturated carbocycles. The van der Waals surface area contributed by atoms with Gasteiger partial charge in [-0.05, 0) is 12.1 Å². The summed E-state index contributed by atoms with van der Waals surface area (Å²) in [5, 5.41) is 15.0. The molecule has 3 rings (SSSR count). The standard InChI is InChI=1S/C17H16N2O6/c1-22-16-5-3-2-4-12(16)8-18-25-10-14-7-15(19(20)21)6-13-9-23-11-24-17(13)14/h2-8H,9-11H2,1H3/b18-8-. The van der Waals surface area contributed by atoms with Gasteiger partial charge >= 0.3 is 0 Å². The lowest BCUT2D eigenvalue weighted by molar-refractivity contribution is -0.385. The maximum absolute atomic E-state index is 11.1. The number of methoxy groups -OCH3 is 1. The largest absolute Gasteiger partial charge is 0.496 e. The van der Waals surface area contributed by atoms with E-state index in [2.05, 4.69) is 5.16 Å². The van der Waals surface area contributed by atoms with Crippen molar-refractivity contribution in [2.45, 2.75) is 13.2 Å². The second-order valence-corrected chi connectivity index (χ2v) is 5.21. The zero-order chi connectivity index (χ0) is 17.6. The lowest BCUT2D eigenvalue weighted by Gasteiger charge is -2.20. The minimum Gasteiger partial charge on any atom is -0.496 e. The topological polar surface area (TPSA) is 92.4 Å². The minimum absolute atomic E-state index is 0.0374. The van der Waals surface area contributed by atoms with E-state index in [0.717, 1.165) is 5.56 Å². The number of ether oxygens (including phenoxy) is 3. The van der Waals surface area contributed by atoms with Gasteiger partial charge < -0.3 is 19.0 Å². The van der Waals surface area contributed by atoms with Gasteiger partial charge in [-0.2, -0.15) is 0 Å². The molecule has 0 bridgehead atoms. The Bertz CT molecular complexity index is 806. The van der Waals surface area contributed by atoms with Crippen LogP contribution in [0.1, 0.15) is 16.7 Å². The second-order valence-electron chi connectivity index (χ2n) is 5.21. The summed E-state index contributed by atoms with van der Waals surface area (Å²) in [7, 11) is 1.57. The normalized spacial score (nSPS) is 13.2. The highest BCUT2D eigenvalue weighted by Crippen LogP contribution is 2.33. The summed E-state index contributed by atoms with van der Waals surface area (Å²) in [6.07, 6.45) is 1.52. The summed E-state index contributed by atoms with van der Waals surface area (Å²) in [5.74, 6) is 1.22. The van der Waals surface area contributed by atoms with Gasteiger partial charge in [0.2, 0.25) is 0 Å². The van der Waals surface area contributed by atoms with E-state index in [0.29, 0.717) is 22.6 Å². The summed E-state index contributed by atoms with van der Waals surface area (Å²) < 4.78 is 15.8. The molecule has 0 radical (unpaired) electrons. The third kappa shape index (κ3) is 3.86. The van der Waals surface area contributed by atoms with E-state index in [9.17, 15) is 10.1 Å². The molecule has 0 saturated heterocycles. The van der Waals surface area contributed by atoms with Crippen LogP contribution >= 0.6 is 0 Å². The zero-order valence-electron chi connectivity index (χ0n) is 13.5. The lowest BCUT2D eigenvalue weighted by Crippen LogP contribution is -2.14. The van der Waals surface area contributed by atoms with E-state index in [1.807, 2.05) is 24.3 Å². The monoisotopic (exact) mass is 344 g/mol. The fourth-order valence-corrected chi connectivity index (χ4v) is 2.47. The quantitative estimate of drug-likeness (QED) is 0.454. The molecule has 0 spiro atoms. The van der Waals surface area contributed by atoms with Crippen molar-refractivity contribution in [2.75, 3.05) is 13.9 Å². The Morgan fingerprint density at radius 2 is 2.20 bits per heavy atom. The third-order valence-electron chi connectivity index (χ3n) is 3.61. The Kier molecular flexibility index (Phi) is 5.10. The van der Waals surface area contributed by atoms with Crippen molar-refractivity contribution < 1.29 is 24.0 Å². The molecule has 0 fully saturated rings. The smallest absolute Gasteiger partial charge is 0.270 e. The van der Waals surface area contributed by atoms with Gasteiger partial charge in [0.1, 0.15) is 18.1 Å². The number of hydrogen-bond donors (Lipinski definition) is 0. The average molecular weight is 344 g/mol. The first-order valence-corrected chi connectivity index (χ1v) is 7.48. The molecule has 1 aliphatic rings. The van der Waals surface area contributed by atoms with Crippen LogP contribution in [0.5, 0.6) is 11.5 Å². The molecule has 2 aromatic rings. The van der Waals surface area contributed by atoms with Gasteiger partial charge in [-0.25, -0.2) is 0 Å². The first kappa shape index (κ1) is 16.7. The molecule has 130 valence electrons. The predicted molar refractivity (Wildman–Crippen MR) is 88.8 cm³/mol. The van der Waals surface area contributed by atoms with Crippen molar-refractivity contribution in [3.63, 3.8) is 0 Å². The number of nitro groups is 1. The van der Waals surface area contributed by atoms with Gasteiger partial charge in [-0.1, -0.05) is 17.3 Å². The first-order valence-electron chi connectivity index (χ1n) is 7.48. The molecule has 0 atom stereocenters. The van der Waals surface area contributed by atoms with Crippen LogP contribution in [-0.4, -0.2) is 25.0 Å². The highest BCUT2D eigenvalue weighted by Gasteiger charge is 2.21. The summed E-state index contributed by atoms with van der Waals surface area (Å²) in [6.45, 7) is 0.395. The van der Waals surface area contributed by atoms with Crippen LogP contribution in [0.15, 0.2) is 41.6 Å². The third-order valence-corrected chi connectivity index (χ3v) is 3.61. The van der Waals surface area contributed by atoms with Crippen molar-refractivity contribution >= 4 is 11.9 Å². The van der Waals surface area contributed by atoms with E-state index < -0.39 is 4.92 Å². The number of para-hydroxylation sites is 1. The number of non-ortho nitro benzene ring substituents is 1. The summed E-state index contributed by atoms with van der Waals surface area (Å²) in [5.41, 5.74) is 1.88. The van der Waals surface area contributed by atoms with Crippen molar-refractivity contribution in [3.8, 4) is 11.5 Å². The number of rotatable bonds is 6. The van der Waals surface area contributed by atoms with Crippen molar-refractivity contribution in [2.24, 2.45) is 5.16 Å². The van der Waals surface area contributed by atoms with E-state index in [-0.39, 0.29) is 25.7 Å². The molecule has 2 aromatic carbocycles. The van der Waals surface area contributed by atoms with Crippen LogP contribution in [0.25, 0.3) is 0 Å². The Balaban J connectivity index is 1.75. The van der Waals surface area contributed by atoms with E-state index >= 15 is 0 Å². The van der Waals surface area contributed by atoms with Crippen molar-refractivity contribution in [1.29, 1.82) is 0 Å². The molecule has 0 aromatic heterocycles. The minimum atomic E-state index is -0.462. The predicted octanol–water partition coefficient (Wildman–Crippen LogP) is 3.02. The molecule has 8 heteroatoms. The Labute approximate surface area is 143 Å². The molecule has 0 amide bonds. The van der Waals surface area contributed by atoms with Crippen LogP contribution in [0, 0.1) is 10.1 Å². The highest BCUT2D eigenvalue weighted by molar-refractivity contribution is 5.83. The summed E-state index contributed by atoms with van der Waals surface area (Å²) in [4.78, 5) is 15.9. The van der Waals surface area contributed by atoms with E-state index in [1.54, 1.807) is 7.11 Å². The molecular weight excluding hydrogens is 328 g/mol. The van der Waals surface area contributed by atoms with Gasteiger partial charge in [0, 0.05) is 28.8 Å². The first-order chi connectivity index (χ1) is 12.2. The van der Waals surface area contributed by atoms with Crippen LogP contribution in [-0.2, 0) is 22.8 Å². The molecule has 0 aliphatic carbocycles. The molecule has 1 heterocycles.